The number of Topliss-reactive ketones (excluding diaryl/α,β-unsaturated/α-hetero) is 2. The van der Waals surface area contributed by atoms with Crippen LogP contribution in [0.3, 0.4) is 0 Å². The number of aromatic hydroxyl groups is 2. The summed E-state index contributed by atoms with van der Waals surface area (Å²) in [5.74, 6) is 7.95. The first-order chi connectivity index (χ1) is 69.9. The van der Waals surface area contributed by atoms with Gasteiger partial charge in [0.15, 0.2) is 11.6 Å². The fourth-order valence-corrected chi connectivity index (χ4v) is 19.4. The van der Waals surface area contributed by atoms with Crippen LogP contribution in [0.1, 0.15) is 66.8 Å². The molecule has 0 bridgehead atoms. The molecule has 142 heavy (non-hydrogen) atoms. The molecular formula is C136H94O6. The summed E-state index contributed by atoms with van der Waals surface area (Å²) in [5, 5.41) is 21.3. The molecule has 6 heteroatoms. The zero-order valence-electron chi connectivity index (χ0n) is 78.2. The van der Waals surface area contributed by atoms with Crippen LogP contribution in [-0.4, -0.2) is 21.8 Å². The molecule has 0 aliphatic heterocycles. The molecule has 0 spiro atoms. The van der Waals surface area contributed by atoms with Crippen molar-refractivity contribution in [1.29, 1.82) is 0 Å². The van der Waals surface area contributed by atoms with Crippen LogP contribution in [-0.2, 0) is 9.59 Å². The number of benzene rings is 20. The molecule has 2 N–H and O–H groups in total. The highest BCUT2D eigenvalue weighted by molar-refractivity contribution is 6.60. The van der Waals surface area contributed by atoms with Gasteiger partial charge >= 0.3 is 0 Å². The highest BCUT2D eigenvalue weighted by atomic mass is 16.5. The predicted molar refractivity (Wildman–Crippen MR) is 586 cm³/mol. The molecule has 0 amide bonds. The smallest absolute Gasteiger partial charge is 0.195 e. The normalized spacial score (nSPS) is 12.1. The van der Waals surface area contributed by atoms with Gasteiger partial charge in [0.05, 0.1) is 0 Å². The number of carbonyl (C=O) groups is 2. The molecule has 0 unspecified atom stereocenters. The van der Waals surface area contributed by atoms with Crippen LogP contribution >= 0.6 is 0 Å². The van der Waals surface area contributed by atoms with E-state index in [0.717, 1.165) is 178 Å². The van der Waals surface area contributed by atoms with Gasteiger partial charge in [-0.1, -0.05) is 430 Å². The van der Waals surface area contributed by atoms with Crippen LogP contribution < -0.4 is 9.47 Å². The fraction of sp³-hybridized carbons (Fsp3) is 0.0147. The Morgan fingerprint density at radius 1 is 0.190 bits per heavy atom. The van der Waals surface area contributed by atoms with Crippen molar-refractivity contribution in [1.82, 2.24) is 0 Å². The number of allylic oxidation sites excluding steroid dienone is 8. The first kappa shape index (κ1) is 90.8. The average molecular weight is 1820 g/mol. The Labute approximate surface area is 829 Å². The molecule has 0 atom stereocenters. The van der Waals surface area contributed by atoms with E-state index in [0.29, 0.717) is 44.9 Å². The van der Waals surface area contributed by atoms with Crippen LogP contribution in [0, 0.1) is 38.5 Å². The maximum absolute atomic E-state index is 14.6. The second kappa shape index (κ2) is 41.7. The van der Waals surface area contributed by atoms with Crippen molar-refractivity contribution in [2.24, 2.45) is 0 Å². The first-order valence-corrected chi connectivity index (χ1v) is 47.3. The van der Waals surface area contributed by atoms with E-state index >= 15 is 0 Å². The van der Waals surface area contributed by atoms with Crippen LogP contribution in [0.2, 0.25) is 0 Å². The largest absolute Gasteiger partial charge is 0.508 e. The Morgan fingerprint density at radius 3 is 0.704 bits per heavy atom. The van der Waals surface area contributed by atoms with Gasteiger partial charge in [-0.3, -0.25) is 9.59 Å². The minimum atomic E-state index is 0.00215. The minimum absolute atomic E-state index is 0.00215. The topological polar surface area (TPSA) is 93.1 Å². The third kappa shape index (κ3) is 19.2. The monoisotopic (exact) mass is 1820 g/mol. The lowest BCUT2D eigenvalue weighted by molar-refractivity contribution is -0.109. The van der Waals surface area contributed by atoms with E-state index in [9.17, 15) is 14.7 Å². The van der Waals surface area contributed by atoms with Gasteiger partial charge in [-0.15, -0.1) is 12.8 Å². The molecule has 0 heterocycles. The van der Waals surface area contributed by atoms with Gasteiger partial charge in [0, 0.05) is 55.7 Å². The third-order valence-electron chi connectivity index (χ3n) is 25.8. The van der Waals surface area contributed by atoms with Gasteiger partial charge in [0.25, 0.3) is 0 Å². The zero-order chi connectivity index (χ0) is 96.8. The van der Waals surface area contributed by atoms with Gasteiger partial charge in [-0.2, -0.15) is 0 Å². The van der Waals surface area contributed by atoms with Crippen LogP contribution in [0.15, 0.2) is 510 Å². The molecule has 0 radical (unpaired) electrons. The predicted octanol–water partition coefficient (Wildman–Crippen LogP) is 33.8. The Hall–Kier alpha value is -19.0. The number of aryl methyl sites for hydroxylation is 1. The number of ether oxygens (including phenoxy) is 2. The molecule has 20 aromatic carbocycles. The highest BCUT2D eigenvalue weighted by Gasteiger charge is 2.38. The second-order valence-electron chi connectivity index (χ2n) is 34.9. The van der Waals surface area contributed by atoms with Crippen molar-refractivity contribution in [3.63, 3.8) is 0 Å². The number of phenolic OH excluding ortho intramolecular Hbond substituents is 2. The van der Waals surface area contributed by atoms with Crippen molar-refractivity contribution < 1.29 is 29.3 Å². The molecule has 0 saturated carbocycles. The first-order valence-electron chi connectivity index (χ1n) is 47.3. The molecule has 0 saturated heterocycles. The van der Waals surface area contributed by atoms with Crippen molar-refractivity contribution >= 4 is 56.2 Å². The minimum Gasteiger partial charge on any atom is -0.508 e. The summed E-state index contributed by atoms with van der Waals surface area (Å²) in [6.45, 7) is 4.32. The average Bonchev–Trinajstić information content (AvgIpc) is 1.23. The SMILES string of the molecule is C#Cc1cc(O)cc(C#C)c1.Cc1ccc(Oc2ccc(-c3c(-c4ccccc4)cc(-c4cc(O)cc(-c5cc(-c6ccccc6)c(C)c(-c6ccccc6)c5-c5ccccc5)c4)c(-c4ccccc4)c3-c3ccccc3)cc2)cc1.O=C1C(c2ccccc2)=C(c2ccccc2)C(c2ccc(Oc3ccc(C4=C(c5ccccc5)C(=O)C(c5ccccc5)=C4c4ccccc4)cc3)cc2)=C1c1ccccc1. The number of terminal acetylenes is 2. The molecule has 2 aliphatic carbocycles. The standard InChI is InChI=1S/C68H50O2.C58H38O3.C10H6O/c1-46-33-37-58(38-34-46)70-59-39-35-54(36-40-59)67-61(49-23-11-4-12-24-49)45-63(66(52-29-17-7-18-30-52)68(67)53-31-19-8-20-32-53)56-41-55(42-57(69)43-56)62-44-60(48-21-9-3-10-22-48)47(2)64(50-25-13-5-14-26-50)65(62)51-27-15-6-16-28-51;59-57-53(41-23-11-3-12-24-41)49(39-19-7-1-8-20-39)51(55(57)43-27-15-5-16-28-43)45-31-35-47(36-32-45)61-48-37-33-46(34-38-48)52-50(40-21-9-2-10-22-40)54(42-25-13-4-14-26-42)58(60)56(52)44-29-17-6-18-30-44;1-3-8-5-9(4-2)7-10(11)6-8/h3-45,69H,1-2H3;1-38H;1-2,5-7,11H. The number of hydrogen-bond donors (Lipinski definition) is 2. The molecule has 20 aromatic rings. The van der Waals surface area contributed by atoms with E-state index < -0.39 is 0 Å². The molecule has 0 fully saturated rings. The lowest BCUT2D eigenvalue weighted by atomic mass is 9.78. The maximum Gasteiger partial charge on any atom is 0.195 e. The Balaban J connectivity index is 0.000000158. The molecule has 22 rings (SSSR count). The van der Waals surface area contributed by atoms with Gasteiger partial charge in [-0.05, 0) is 261 Å². The summed E-state index contributed by atoms with van der Waals surface area (Å²) in [6.07, 6.45) is 10.2. The van der Waals surface area contributed by atoms with Crippen LogP contribution in [0.25, 0.3) is 145 Å². The van der Waals surface area contributed by atoms with E-state index in [1.165, 1.54) is 23.3 Å². The zero-order valence-corrected chi connectivity index (χ0v) is 78.2. The third-order valence-corrected chi connectivity index (χ3v) is 25.8. The van der Waals surface area contributed by atoms with Crippen molar-refractivity contribution in [2.45, 2.75) is 13.8 Å². The van der Waals surface area contributed by atoms with E-state index in [1.54, 1.807) is 6.07 Å². The molecule has 0 aromatic heterocycles. The van der Waals surface area contributed by atoms with Gasteiger partial charge in [0.1, 0.15) is 34.5 Å². The lowest BCUT2D eigenvalue weighted by Crippen LogP contribution is -2.01. The van der Waals surface area contributed by atoms with Gasteiger partial charge in [0.2, 0.25) is 0 Å². The number of phenols is 2. The van der Waals surface area contributed by atoms with E-state index in [-0.39, 0.29) is 23.1 Å². The summed E-state index contributed by atoms with van der Waals surface area (Å²) in [7, 11) is 0. The molecule has 674 valence electrons. The van der Waals surface area contributed by atoms with Crippen molar-refractivity contribution in [3.05, 3.63) is 576 Å². The maximum atomic E-state index is 14.6. The highest BCUT2D eigenvalue weighted by Crippen LogP contribution is 2.56. The molecule has 2 aliphatic rings. The summed E-state index contributed by atoms with van der Waals surface area (Å²) < 4.78 is 12.9. The summed E-state index contributed by atoms with van der Waals surface area (Å²) in [5.41, 5.74) is 36.5. The Bertz CT molecular complexity index is 8000. The lowest BCUT2D eigenvalue weighted by Gasteiger charge is -2.25. The number of carbonyl (C=O) groups excluding carboxylic acids is 2. The van der Waals surface area contributed by atoms with Crippen molar-refractivity contribution in [2.75, 3.05) is 0 Å². The van der Waals surface area contributed by atoms with Crippen LogP contribution in [0.5, 0.6) is 34.5 Å². The molecular weight excluding hydrogens is 1730 g/mol. The number of hydrogen-bond acceptors (Lipinski definition) is 6. The van der Waals surface area contributed by atoms with Crippen molar-refractivity contribution in [3.8, 4) is 159 Å². The summed E-state index contributed by atoms with van der Waals surface area (Å²) >= 11 is 0. The van der Waals surface area contributed by atoms with Gasteiger partial charge < -0.3 is 19.7 Å². The summed E-state index contributed by atoms with van der Waals surface area (Å²) in [6, 6.07) is 172. The number of rotatable bonds is 21. The van der Waals surface area contributed by atoms with Gasteiger partial charge in [-0.25, -0.2) is 0 Å². The van der Waals surface area contributed by atoms with Crippen LogP contribution in [0.4, 0.5) is 0 Å². The quantitative estimate of drug-likeness (QED) is 0.0697. The summed E-state index contributed by atoms with van der Waals surface area (Å²) in [4.78, 5) is 29.3. The fourth-order valence-electron chi connectivity index (χ4n) is 19.4. The second-order valence-corrected chi connectivity index (χ2v) is 34.9. The van der Waals surface area contributed by atoms with E-state index in [1.807, 2.05) is 231 Å². The van der Waals surface area contributed by atoms with E-state index in [4.69, 9.17) is 27.4 Å². The number of ketones is 2. The molecule has 6 nitrogen and oxygen atoms in total. The Morgan fingerprint density at radius 2 is 0.401 bits per heavy atom. The Kier molecular flexibility index (Phi) is 26.7. The van der Waals surface area contributed by atoms with E-state index in [2.05, 4.69) is 287 Å².